The monoisotopic (exact) mass is 217 g/mol. The van der Waals surface area contributed by atoms with Crippen LogP contribution in [0.15, 0.2) is 12.1 Å². The molecule has 0 radical (unpaired) electrons. The Labute approximate surface area is 97.1 Å². The topological polar surface area (TPSA) is 29.1 Å². The van der Waals surface area contributed by atoms with Gasteiger partial charge >= 0.3 is 0 Å². The second-order valence-corrected chi connectivity index (χ2v) is 5.13. The van der Waals surface area contributed by atoms with E-state index < -0.39 is 0 Å². The molecule has 86 valence electrons. The van der Waals surface area contributed by atoms with Gasteiger partial charge in [-0.15, -0.1) is 0 Å². The summed E-state index contributed by atoms with van der Waals surface area (Å²) in [6.45, 7) is 8.46. The summed E-state index contributed by atoms with van der Waals surface area (Å²) in [7, 11) is 0. The number of hydrogen-bond donors (Lipinski definition) is 1. The van der Waals surface area contributed by atoms with Gasteiger partial charge < -0.3 is 5.32 Å². The minimum absolute atomic E-state index is 0.0989. The molecule has 16 heavy (non-hydrogen) atoms. The number of carbonyl (C=O) groups excluding carboxylic acids is 1. The van der Waals surface area contributed by atoms with Crippen molar-refractivity contribution < 1.29 is 4.79 Å². The van der Waals surface area contributed by atoms with E-state index in [4.69, 9.17) is 0 Å². The van der Waals surface area contributed by atoms with Crippen LogP contribution in [0.4, 0.5) is 0 Å². The minimum Gasteiger partial charge on any atom is -0.345 e. The van der Waals surface area contributed by atoms with Gasteiger partial charge in [-0.1, -0.05) is 26.0 Å². The van der Waals surface area contributed by atoms with Gasteiger partial charge in [-0.05, 0) is 42.9 Å². The molecule has 0 aromatic heterocycles. The predicted molar refractivity (Wildman–Crippen MR) is 65.6 cm³/mol. The second kappa shape index (κ2) is 3.93. The molecule has 1 amide bonds. The number of hydrogen-bond acceptors (Lipinski definition) is 1. The molecule has 0 bridgehead atoms. The van der Waals surface area contributed by atoms with Gasteiger partial charge in [0.1, 0.15) is 0 Å². The maximum Gasteiger partial charge on any atom is 0.252 e. The largest absolute Gasteiger partial charge is 0.345 e. The fraction of sp³-hybridized carbons (Fsp3) is 0.500. The Balaban J connectivity index is 2.44. The highest BCUT2D eigenvalue weighted by Crippen LogP contribution is 2.32. The Morgan fingerprint density at radius 1 is 1.31 bits per heavy atom. The predicted octanol–water partition coefficient (Wildman–Crippen LogP) is 3.13. The molecule has 0 saturated carbocycles. The van der Waals surface area contributed by atoms with Gasteiger partial charge in [0.25, 0.3) is 5.91 Å². The van der Waals surface area contributed by atoms with E-state index in [0.29, 0.717) is 5.92 Å². The van der Waals surface area contributed by atoms with Gasteiger partial charge in [0, 0.05) is 5.56 Å². The molecule has 0 aliphatic carbocycles. The third-order valence-corrected chi connectivity index (χ3v) is 3.38. The van der Waals surface area contributed by atoms with Crippen molar-refractivity contribution in [3.8, 4) is 0 Å². The van der Waals surface area contributed by atoms with Crippen LogP contribution in [0.1, 0.15) is 53.4 Å². The molecule has 1 aromatic carbocycles. The number of amides is 1. The lowest BCUT2D eigenvalue weighted by Gasteiger charge is -2.14. The first kappa shape index (κ1) is 11.2. The van der Waals surface area contributed by atoms with Crippen LogP contribution in [0, 0.1) is 19.8 Å². The van der Waals surface area contributed by atoms with E-state index >= 15 is 0 Å². The summed E-state index contributed by atoms with van der Waals surface area (Å²) >= 11 is 0. The van der Waals surface area contributed by atoms with Crippen molar-refractivity contribution in [2.24, 2.45) is 5.92 Å². The molecule has 2 heteroatoms. The fourth-order valence-electron chi connectivity index (χ4n) is 2.39. The van der Waals surface area contributed by atoms with Crippen LogP contribution in [0.3, 0.4) is 0 Å². The third-order valence-electron chi connectivity index (χ3n) is 3.38. The molecule has 0 fully saturated rings. The molecule has 1 aliphatic heterocycles. The SMILES string of the molecule is Cc1ccc2c(c1C)C(=O)NC2CC(C)C. The van der Waals surface area contributed by atoms with Crippen molar-refractivity contribution in [2.75, 3.05) is 0 Å². The molecule has 0 saturated heterocycles. The summed E-state index contributed by atoms with van der Waals surface area (Å²) in [6.07, 6.45) is 1.02. The summed E-state index contributed by atoms with van der Waals surface area (Å²) in [4.78, 5) is 11.9. The lowest BCUT2D eigenvalue weighted by molar-refractivity contribution is 0.0952. The van der Waals surface area contributed by atoms with Crippen molar-refractivity contribution in [2.45, 2.75) is 40.2 Å². The molecule has 1 aromatic rings. The molecule has 0 spiro atoms. The number of benzene rings is 1. The second-order valence-electron chi connectivity index (χ2n) is 5.13. The van der Waals surface area contributed by atoms with E-state index in [-0.39, 0.29) is 11.9 Å². The highest BCUT2D eigenvalue weighted by Gasteiger charge is 2.30. The van der Waals surface area contributed by atoms with Crippen molar-refractivity contribution in [1.82, 2.24) is 5.32 Å². The lowest BCUT2D eigenvalue weighted by Crippen LogP contribution is -2.20. The quantitative estimate of drug-likeness (QED) is 0.810. The smallest absolute Gasteiger partial charge is 0.252 e. The molecule has 1 N–H and O–H groups in total. The molecular weight excluding hydrogens is 198 g/mol. The van der Waals surface area contributed by atoms with Crippen LogP contribution in [-0.4, -0.2) is 5.91 Å². The highest BCUT2D eigenvalue weighted by molar-refractivity contribution is 6.00. The Bertz CT molecular complexity index is 435. The first-order chi connectivity index (χ1) is 7.50. The average Bonchev–Trinajstić information content (AvgIpc) is 2.49. The molecule has 1 atom stereocenters. The van der Waals surface area contributed by atoms with Gasteiger partial charge in [-0.3, -0.25) is 4.79 Å². The molecule has 1 heterocycles. The van der Waals surface area contributed by atoms with Crippen molar-refractivity contribution in [3.05, 3.63) is 34.4 Å². The maximum atomic E-state index is 11.9. The summed E-state index contributed by atoms with van der Waals surface area (Å²) < 4.78 is 0. The van der Waals surface area contributed by atoms with Gasteiger partial charge in [0.05, 0.1) is 6.04 Å². The van der Waals surface area contributed by atoms with E-state index in [2.05, 4.69) is 38.2 Å². The minimum atomic E-state index is 0.0989. The van der Waals surface area contributed by atoms with Gasteiger partial charge in [0.15, 0.2) is 0 Å². The lowest BCUT2D eigenvalue weighted by atomic mass is 9.93. The number of rotatable bonds is 2. The van der Waals surface area contributed by atoms with Crippen LogP contribution in [0.5, 0.6) is 0 Å². The highest BCUT2D eigenvalue weighted by atomic mass is 16.2. The average molecular weight is 217 g/mol. The molecule has 2 rings (SSSR count). The fourth-order valence-corrected chi connectivity index (χ4v) is 2.39. The summed E-state index contributed by atoms with van der Waals surface area (Å²) in [6, 6.07) is 4.42. The zero-order chi connectivity index (χ0) is 11.9. The Hall–Kier alpha value is -1.31. The third kappa shape index (κ3) is 1.73. The molecule has 2 nitrogen and oxygen atoms in total. The Kier molecular flexibility index (Phi) is 2.75. The van der Waals surface area contributed by atoms with Crippen LogP contribution >= 0.6 is 0 Å². The number of carbonyl (C=O) groups is 1. The van der Waals surface area contributed by atoms with Crippen LogP contribution in [0.25, 0.3) is 0 Å². The number of aryl methyl sites for hydroxylation is 1. The summed E-state index contributed by atoms with van der Waals surface area (Å²) in [5, 5.41) is 3.08. The molecule has 1 unspecified atom stereocenters. The Morgan fingerprint density at radius 3 is 2.62 bits per heavy atom. The number of nitrogens with one attached hydrogen (secondary N) is 1. The Morgan fingerprint density at radius 2 is 2.00 bits per heavy atom. The summed E-state index contributed by atoms with van der Waals surface area (Å²) in [5.41, 5.74) is 4.41. The molecule has 1 aliphatic rings. The van der Waals surface area contributed by atoms with Gasteiger partial charge in [0.2, 0.25) is 0 Å². The summed E-state index contributed by atoms with van der Waals surface area (Å²) in [5.74, 6) is 0.694. The first-order valence-electron chi connectivity index (χ1n) is 5.91. The van der Waals surface area contributed by atoms with E-state index in [9.17, 15) is 4.79 Å². The van der Waals surface area contributed by atoms with Crippen molar-refractivity contribution in [1.29, 1.82) is 0 Å². The van der Waals surface area contributed by atoms with Crippen molar-refractivity contribution >= 4 is 5.91 Å². The van der Waals surface area contributed by atoms with Crippen LogP contribution in [0.2, 0.25) is 0 Å². The zero-order valence-electron chi connectivity index (χ0n) is 10.4. The van der Waals surface area contributed by atoms with E-state index in [0.717, 1.165) is 17.5 Å². The molecular formula is C14H19NO. The number of fused-ring (bicyclic) bond motifs is 1. The van der Waals surface area contributed by atoms with E-state index in [1.165, 1.54) is 11.1 Å². The van der Waals surface area contributed by atoms with Crippen LogP contribution in [-0.2, 0) is 0 Å². The van der Waals surface area contributed by atoms with Gasteiger partial charge in [-0.25, -0.2) is 0 Å². The normalized spacial score (nSPS) is 18.8. The van der Waals surface area contributed by atoms with E-state index in [1.54, 1.807) is 0 Å². The van der Waals surface area contributed by atoms with Crippen molar-refractivity contribution in [3.63, 3.8) is 0 Å². The van der Waals surface area contributed by atoms with E-state index in [1.807, 2.05) is 6.92 Å². The van der Waals surface area contributed by atoms with Gasteiger partial charge in [-0.2, -0.15) is 0 Å². The standard InChI is InChI=1S/C14H19NO/c1-8(2)7-12-11-6-5-9(3)10(4)13(11)14(16)15-12/h5-6,8,12H,7H2,1-4H3,(H,15,16). The van der Waals surface area contributed by atoms with Crippen LogP contribution < -0.4 is 5.32 Å². The first-order valence-corrected chi connectivity index (χ1v) is 5.91. The zero-order valence-corrected chi connectivity index (χ0v) is 10.4. The maximum absolute atomic E-state index is 11.9.